The molecule has 0 saturated heterocycles. The number of halogens is 1. The molecule has 0 radical (unpaired) electrons. The summed E-state index contributed by atoms with van der Waals surface area (Å²) in [4.78, 5) is 12.1. The highest BCUT2D eigenvalue weighted by Crippen LogP contribution is 2.42. The number of carbonyl (C=O) groups excluding carboxylic acids is 1. The van der Waals surface area contributed by atoms with E-state index in [2.05, 4.69) is 0 Å². The van der Waals surface area contributed by atoms with Gasteiger partial charge in [-0.05, 0) is 42.5 Å². The fourth-order valence-electron chi connectivity index (χ4n) is 3.00. The molecule has 2 bridgehead atoms. The fraction of sp³-hybridized carbons (Fsp3) is 0.462. The second kappa shape index (κ2) is 3.57. The van der Waals surface area contributed by atoms with Crippen molar-refractivity contribution in [3.63, 3.8) is 0 Å². The van der Waals surface area contributed by atoms with Gasteiger partial charge in [-0.3, -0.25) is 4.79 Å². The van der Waals surface area contributed by atoms with Gasteiger partial charge in [-0.25, -0.2) is 0 Å². The van der Waals surface area contributed by atoms with Crippen molar-refractivity contribution in [2.24, 2.45) is 5.92 Å². The predicted molar refractivity (Wildman–Crippen MR) is 61.6 cm³/mol. The molecule has 1 N–H and O–H groups in total. The largest absolute Gasteiger partial charge is 0.392 e. The summed E-state index contributed by atoms with van der Waals surface area (Å²) in [7, 11) is 0. The highest BCUT2D eigenvalue weighted by atomic mass is 35.5. The zero-order valence-electron chi connectivity index (χ0n) is 8.82. The van der Waals surface area contributed by atoms with E-state index in [4.69, 9.17) is 11.6 Å². The molecule has 0 amide bonds. The van der Waals surface area contributed by atoms with E-state index in [9.17, 15) is 9.90 Å². The number of ketones is 1. The Morgan fingerprint density at radius 3 is 2.94 bits per heavy atom. The molecule has 0 spiro atoms. The SMILES string of the molecule is O=C1[C@@H]2CC[C@H](O)[C@H]1Cc1cc(Cl)ccc12. The molecule has 2 aliphatic carbocycles. The summed E-state index contributed by atoms with van der Waals surface area (Å²) >= 11 is 5.96. The van der Waals surface area contributed by atoms with Gasteiger partial charge in [-0.2, -0.15) is 0 Å². The standard InChI is InChI=1S/C13H13ClO2/c14-8-1-2-9-7(5-8)6-11-12(15)4-3-10(9)13(11)16/h1-2,5,10-12,15H,3-4,6H2/t10-,11-,12+/m1/s1. The molecule has 3 atom stereocenters. The number of hydrogen-bond donors (Lipinski definition) is 1. The van der Waals surface area contributed by atoms with Crippen LogP contribution in [0.4, 0.5) is 0 Å². The summed E-state index contributed by atoms with van der Waals surface area (Å²) in [5.41, 5.74) is 2.26. The van der Waals surface area contributed by atoms with Gasteiger partial charge in [0.1, 0.15) is 5.78 Å². The van der Waals surface area contributed by atoms with Crippen molar-refractivity contribution in [1.82, 2.24) is 0 Å². The Balaban J connectivity index is 2.10. The number of Topliss-reactive ketones (excluding diaryl/α,β-unsaturated/α-hetero) is 1. The first-order valence-corrected chi connectivity index (χ1v) is 6.04. The van der Waals surface area contributed by atoms with Crippen molar-refractivity contribution < 1.29 is 9.90 Å². The maximum atomic E-state index is 12.1. The molecule has 3 heteroatoms. The van der Waals surface area contributed by atoms with Gasteiger partial charge < -0.3 is 5.11 Å². The molecule has 0 unspecified atom stereocenters. The molecule has 1 saturated carbocycles. The number of aliphatic hydroxyl groups is 1. The van der Waals surface area contributed by atoms with E-state index in [1.807, 2.05) is 18.2 Å². The van der Waals surface area contributed by atoms with Crippen LogP contribution in [0.15, 0.2) is 18.2 Å². The summed E-state index contributed by atoms with van der Waals surface area (Å²) in [5.74, 6) is 0.00713. The van der Waals surface area contributed by atoms with Crippen LogP contribution in [0.3, 0.4) is 0 Å². The average molecular weight is 237 g/mol. The minimum atomic E-state index is -0.462. The molecule has 0 aliphatic heterocycles. The van der Waals surface area contributed by atoms with Gasteiger partial charge >= 0.3 is 0 Å². The fourth-order valence-corrected chi connectivity index (χ4v) is 3.20. The van der Waals surface area contributed by atoms with Gasteiger partial charge in [0, 0.05) is 16.9 Å². The van der Waals surface area contributed by atoms with Crippen LogP contribution in [-0.2, 0) is 11.2 Å². The van der Waals surface area contributed by atoms with Gasteiger partial charge in [0.2, 0.25) is 0 Å². The van der Waals surface area contributed by atoms with Crippen molar-refractivity contribution in [2.45, 2.75) is 31.3 Å². The number of carbonyl (C=O) groups is 1. The van der Waals surface area contributed by atoms with Gasteiger partial charge in [-0.1, -0.05) is 17.7 Å². The second-order valence-electron chi connectivity index (χ2n) is 4.75. The maximum Gasteiger partial charge on any atom is 0.146 e. The summed E-state index contributed by atoms with van der Waals surface area (Å²) in [6.45, 7) is 0. The Labute approximate surface area is 99.2 Å². The van der Waals surface area contributed by atoms with Crippen LogP contribution < -0.4 is 0 Å². The zero-order valence-corrected chi connectivity index (χ0v) is 9.57. The molecule has 1 aromatic carbocycles. The normalized spacial score (nSPS) is 32.4. The van der Waals surface area contributed by atoms with Crippen LogP contribution in [0.2, 0.25) is 5.02 Å². The van der Waals surface area contributed by atoms with E-state index in [1.54, 1.807) is 0 Å². The average Bonchev–Trinajstić information content (AvgIpc) is 2.24. The van der Waals surface area contributed by atoms with Crippen LogP contribution in [0.25, 0.3) is 0 Å². The van der Waals surface area contributed by atoms with Crippen LogP contribution in [0, 0.1) is 5.92 Å². The molecule has 16 heavy (non-hydrogen) atoms. The molecular weight excluding hydrogens is 224 g/mol. The first-order chi connectivity index (χ1) is 7.66. The molecule has 1 fully saturated rings. The third-order valence-corrected chi connectivity index (χ3v) is 4.08. The van der Waals surface area contributed by atoms with Crippen LogP contribution in [0.5, 0.6) is 0 Å². The Morgan fingerprint density at radius 2 is 2.12 bits per heavy atom. The summed E-state index contributed by atoms with van der Waals surface area (Å²) in [5, 5.41) is 10.5. The monoisotopic (exact) mass is 236 g/mol. The smallest absolute Gasteiger partial charge is 0.146 e. The van der Waals surface area contributed by atoms with Gasteiger partial charge in [0.15, 0.2) is 0 Å². The number of aliphatic hydroxyl groups excluding tert-OH is 1. The summed E-state index contributed by atoms with van der Waals surface area (Å²) < 4.78 is 0. The lowest BCUT2D eigenvalue weighted by atomic mass is 9.67. The lowest BCUT2D eigenvalue weighted by Gasteiger charge is -2.37. The van der Waals surface area contributed by atoms with E-state index in [0.717, 1.165) is 24.0 Å². The molecule has 84 valence electrons. The van der Waals surface area contributed by atoms with Gasteiger partial charge in [0.05, 0.1) is 6.10 Å². The topological polar surface area (TPSA) is 37.3 Å². The van der Waals surface area contributed by atoms with E-state index in [-0.39, 0.29) is 17.6 Å². The number of fused-ring (bicyclic) bond motifs is 4. The highest BCUT2D eigenvalue weighted by Gasteiger charge is 2.42. The Morgan fingerprint density at radius 1 is 1.31 bits per heavy atom. The minimum absolute atomic E-state index is 0.00517. The van der Waals surface area contributed by atoms with Crippen molar-refractivity contribution in [2.75, 3.05) is 0 Å². The van der Waals surface area contributed by atoms with Crippen LogP contribution in [-0.4, -0.2) is 17.0 Å². The molecule has 0 aromatic heterocycles. The second-order valence-corrected chi connectivity index (χ2v) is 5.19. The Bertz CT molecular complexity index is 455. The number of benzene rings is 1. The van der Waals surface area contributed by atoms with Gasteiger partial charge in [-0.15, -0.1) is 0 Å². The maximum absolute atomic E-state index is 12.1. The van der Waals surface area contributed by atoms with E-state index >= 15 is 0 Å². The van der Waals surface area contributed by atoms with Gasteiger partial charge in [0.25, 0.3) is 0 Å². The number of rotatable bonds is 0. The first-order valence-electron chi connectivity index (χ1n) is 5.67. The van der Waals surface area contributed by atoms with E-state index in [1.165, 1.54) is 0 Å². The minimum Gasteiger partial charge on any atom is -0.392 e. The molecule has 2 aliphatic rings. The third kappa shape index (κ3) is 1.40. The molecule has 3 rings (SSSR count). The molecule has 0 heterocycles. The van der Waals surface area contributed by atoms with Crippen LogP contribution in [0.1, 0.15) is 29.9 Å². The Hall–Kier alpha value is -0.860. The van der Waals surface area contributed by atoms with Crippen molar-refractivity contribution in [1.29, 1.82) is 0 Å². The first kappa shape index (κ1) is 10.3. The van der Waals surface area contributed by atoms with Crippen LogP contribution >= 0.6 is 11.6 Å². The Kier molecular flexibility index (Phi) is 2.30. The zero-order chi connectivity index (χ0) is 11.3. The van der Waals surface area contributed by atoms with Crippen molar-refractivity contribution >= 4 is 17.4 Å². The third-order valence-electron chi connectivity index (χ3n) is 3.84. The lowest BCUT2D eigenvalue weighted by Crippen LogP contribution is -2.42. The van der Waals surface area contributed by atoms with E-state index in [0.29, 0.717) is 11.4 Å². The lowest BCUT2D eigenvalue weighted by molar-refractivity contribution is -0.132. The predicted octanol–water partition coefficient (Wildman–Crippen LogP) is 2.32. The quantitative estimate of drug-likeness (QED) is 0.751. The highest BCUT2D eigenvalue weighted by molar-refractivity contribution is 6.30. The molecule has 2 nitrogen and oxygen atoms in total. The molecular formula is C13H13ClO2. The van der Waals surface area contributed by atoms with E-state index < -0.39 is 6.10 Å². The number of hydrogen-bond acceptors (Lipinski definition) is 2. The van der Waals surface area contributed by atoms with Crippen molar-refractivity contribution in [3.05, 3.63) is 34.3 Å². The molecule has 1 aromatic rings. The van der Waals surface area contributed by atoms with Crippen molar-refractivity contribution in [3.8, 4) is 0 Å². The summed E-state index contributed by atoms with van der Waals surface area (Å²) in [6.07, 6.45) is 1.69. The summed E-state index contributed by atoms with van der Waals surface area (Å²) in [6, 6.07) is 5.74.